The van der Waals surface area contributed by atoms with Gasteiger partial charge in [0.1, 0.15) is 29.9 Å². The molecule has 0 aliphatic heterocycles. The molecular formula is C34H56N4O7. The number of likely N-dealkylation sites (N-methyl/N-ethyl adjacent to an activating group) is 3. The molecule has 1 N–H and O–H groups in total. The quantitative estimate of drug-likeness (QED) is 0.261. The Labute approximate surface area is 270 Å². The highest BCUT2D eigenvalue weighted by Gasteiger charge is 2.40. The first-order valence-corrected chi connectivity index (χ1v) is 15.9. The molecule has 0 bridgehead atoms. The van der Waals surface area contributed by atoms with Crippen molar-refractivity contribution in [3.63, 3.8) is 0 Å². The first-order chi connectivity index (χ1) is 21.1. The van der Waals surface area contributed by atoms with Gasteiger partial charge in [0, 0.05) is 34.0 Å². The molecule has 3 unspecified atom stereocenters. The Kier molecular flexibility index (Phi) is 16.1. The van der Waals surface area contributed by atoms with Crippen LogP contribution in [0.15, 0.2) is 24.3 Å². The van der Waals surface area contributed by atoms with Crippen LogP contribution in [0, 0.1) is 17.8 Å². The fourth-order valence-corrected chi connectivity index (χ4v) is 5.46. The lowest BCUT2D eigenvalue weighted by atomic mass is 9.95. The summed E-state index contributed by atoms with van der Waals surface area (Å²) in [5.41, 5.74) is 0.779. The van der Waals surface area contributed by atoms with Gasteiger partial charge in [-0.2, -0.15) is 0 Å². The van der Waals surface area contributed by atoms with E-state index in [1.807, 2.05) is 60.6 Å². The Morgan fingerprint density at radius 1 is 0.778 bits per heavy atom. The van der Waals surface area contributed by atoms with Crippen LogP contribution in [0.2, 0.25) is 0 Å². The molecule has 1 rings (SSSR count). The van der Waals surface area contributed by atoms with Gasteiger partial charge >= 0.3 is 5.97 Å². The average Bonchev–Trinajstić information content (AvgIpc) is 3.01. The zero-order valence-corrected chi connectivity index (χ0v) is 29.4. The molecule has 0 saturated heterocycles. The van der Waals surface area contributed by atoms with Gasteiger partial charge in [0.15, 0.2) is 0 Å². The van der Waals surface area contributed by atoms with E-state index >= 15 is 0 Å². The minimum Gasteiger partial charge on any atom is -0.497 e. The zero-order chi connectivity index (χ0) is 34.6. The van der Waals surface area contributed by atoms with Crippen LogP contribution in [0.25, 0.3) is 0 Å². The number of nitrogens with zero attached hydrogens (tertiary/aromatic N) is 3. The molecule has 1 aromatic carbocycles. The molecule has 0 heterocycles. The molecule has 254 valence electrons. The van der Waals surface area contributed by atoms with E-state index in [1.165, 1.54) is 28.9 Å². The number of methoxy groups -OCH3 is 2. The summed E-state index contributed by atoms with van der Waals surface area (Å²) in [6, 6.07) is 3.60. The first-order valence-electron chi connectivity index (χ1n) is 15.9. The second kappa shape index (κ2) is 18.4. The molecular weight excluding hydrogens is 576 g/mol. The van der Waals surface area contributed by atoms with Crippen LogP contribution in [-0.2, 0) is 35.1 Å². The highest BCUT2D eigenvalue weighted by Crippen LogP contribution is 2.22. The molecule has 11 nitrogen and oxygen atoms in total. The van der Waals surface area contributed by atoms with E-state index in [2.05, 4.69) is 5.32 Å². The fourth-order valence-electron chi connectivity index (χ4n) is 5.46. The molecule has 1 aromatic rings. The third kappa shape index (κ3) is 10.5. The maximum Gasteiger partial charge on any atom is 0.328 e. The normalized spacial score (nSPS) is 14.5. The van der Waals surface area contributed by atoms with E-state index in [-0.39, 0.29) is 30.1 Å². The van der Waals surface area contributed by atoms with Crippen molar-refractivity contribution in [3.05, 3.63) is 29.8 Å². The number of hydrogen-bond acceptors (Lipinski definition) is 7. The van der Waals surface area contributed by atoms with E-state index in [0.717, 1.165) is 5.56 Å². The Morgan fingerprint density at radius 2 is 1.36 bits per heavy atom. The number of amides is 4. The lowest BCUT2D eigenvalue weighted by molar-refractivity contribution is -0.157. The van der Waals surface area contributed by atoms with Gasteiger partial charge in [0.05, 0.1) is 14.2 Å². The number of rotatable bonds is 17. The van der Waals surface area contributed by atoms with Crippen molar-refractivity contribution >= 4 is 29.6 Å². The van der Waals surface area contributed by atoms with Gasteiger partial charge in [-0.1, -0.05) is 67.0 Å². The minimum absolute atomic E-state index is 0.148. The predicted octanol–water partition coefficient (Wildman–Crippen LogP) is 3.53. The van der Waals surface area contributed by atoms with Gasteiger partial charge in [-0.15, -0.1) is 0 Å². The Hall–Kier alpha value is -3.63. The summed E-state index contributed by atoms with van der Waals surface area (Å²) >= 11 is 0. The zero-order valence-electron chi connectivity index (χ0n) is 29.4. The topological polar surface area (TPSA) is 126 Å². The minimum atomic E-state index is -1.00. The van der Waals surface area contributed by atoms with Crippen LogP contribution in [0.5, 0.6) is 5.75 Å². The smallest absolute Gasteiger partial charge is 0.328 e. The Bertz CT molecular complexity index is 1140. The van der Waals surface area contributed by atoms with Gasteiger partial charge in [-0.25, -0.2) is 4.79 Å². The second-order valence-corrected chi connectivity index (χ2v) is 12.5. The maximum atomic E-state index is 14.2. The molecule has 0 saturated carbocycles. The Morgan fingerprint density at radius 3 is 1.80 bits per heavy atom. The summed E-state index contributed by atoms with van der Waals surface area (Å²) in [6.45, 7) is 13.0. The van der Waals surface area contributed by atoms with Gasteiger partial charge < -0.3 is 29.5 Å². The van der Waals surface area contributed by atoms with Crippen LogP contribution < -0.4 is 10.1 Å². The molecule has 0 radical (unpaired) electrons. The van der Waals surface area contributed by atoms with Crippen molar-refractivity contribution in [1.82, 2.24) is 20.0 Å². The number of benzene rings is 1. The fraction of sp³-hybridized carbons (Fsp3) is 0.676. The van der Waals surface area contributed by atoms with E-state index in [1.54, 1.807) is 33.3 Å². The van der Waals surface area contributed by atoms with Crippen molar-refractivity contribution < 1.29 is 33.4 Å². The summed E-state index contributed by atoms with van der Waals surface area (Å²) in [6.07, 6.45) is 1.75. The lowest BCUT2D eigenvalue weighted by Gasteiger charge is -2.38. The van der Waals surface area contributed by atoms with Crippen LogP contribution in [-0.4, -0.2) is 104 Å². The highest BCUT2D eigenvalue weighted by molar-refractivity contribution is 5.95. The van der Waals surface area contributed by atoms with Crippen LogP contribution in [0.4, 0.5) is 0 Å². The summed E-state index contributed by atoms with van der Waals surface area (Å²) < 4.78 is 10.3. The summed E-state index contributed by atoms with van der Waals surface area (Å²) in [7, 11) is 7.54. The second-order valence-electron chi connectivity index (χ2n) is 12.5. The van der Waals surface area contributed by atoms with Gasteiger partial charge in [0.25, 0.3) is 0 Å². The number of carbonyl (C=O) groups is 5. The third-order valence-electron chi connectivity index (χ3n) is 8.48. The predicted molar refractivity (Wildman–Crippen MR) is 174 cm³/mol. The van der Waals surface area contributed by atoms with E-state index in [9.17, 15) is 24.0 Å². The molecule has 0 aliphatic rings. The summed E-state index contributed by atoms with van der Waals surface area (Å²) in [5.74, 6) is -2.09. The highest BCUT2D eigenvalue weighted by atomic mass is 16.5. The standard InChI is InChI=1S/C34H56N4O7/c1-13-15-27(39)37(9)29(22(5)6)31(40)35-28(21(3)4)33(42)36(8)26(20-24-16-18-25(44-11)19-17-24)32(41)38(10)30(23(7)14-2)34(43)45-12/h16-19,21-23,26,28-30H,13-15,20H2,1-12H3,(H,35,40)/t23?,26-,28?,29-,30?/m0/s1. The molecule has 11 heteroatoms. The van der Waals surface area contributed by atoms with Gasteiger partial charge in [0.2, 0.25) is 23.6 Å². The lowest BCUT2D eigenvalue weighted by Crippen LogP contribution is -2.61. The average molecular weight is 633 g/mol. The molecule has 0 aliphatic carbocycles. The summed E-state index contributed by atoms with van der Waals surface area (Å²) in [5, 5.41) is 2.90. The number of hydrogen-bond donors (Lipinski definition) is 1. The maximum absolute atomic E-state index is 14.2. The number of ether oxygens (including phenoxy) is 2. The monoisotopic (exact) mass is 632 g/mol. The van der Waals surface area contributed by atoms with Gasteiger partial charge in [-0.3, -0.25) is 19.2 Å². The van der Waals surface area contributed by atoms with E-state index < -0.39 is 47.9 Å². The molecule has 45 heavy (non-hydrogen) atoms. The van der Waals surface area contributed by atoms with Gasteiger partial charge in [-0.05, 0) is 41.9 Å². The van der Waals surface area contributed by atoms with Crippen molar-refractivity contribution in [3.8, 4) is 5.75 Å². The van der Waals surface area contributed by atoms with Crippen LogP contribution in [0.1, 0.15) is 73.3 Å². The molecule has 0 aromatic heterocycles. The van der Waals surface area contributed by atoms with Crippen molar-refractivity contribution in [1.29, 1.82) is 0 Å². The largest absolute Gasteiger partial charge is 0.497 e. The molecule has 0 fully saturated rings. The SMILES string of the molecule is CCCC(=O)N(C)[C@H](C(=O)NC(C(=O)N(C)[C@@H](Cc1ccc(OC)cc1)C(=O)N(C)C(C(=O)OC)C(C)CC)C(C)C)C(C)C. The van der Waals surface area contributed by atoms with Crippen LogP contribution in [0.3, 0.4) is 0 Å². The van der Waals surface area contributed by atoms with Crippen molar-refractivity contribution in [2.24, 2.45) is 17.8 Å². The van der Waals surface area contributed by atoms with E-state index in [0.29, 0.717) is 25.0 Å². The Balaban J connectivity index is 3.52. The number of carbonyl (C=O) groups excluding carboxylic acids is 5. The third-order valence-corrected chi connectivity index (χ3v) is 8.48. The summed E-state index contributed by atoms with van der Waals surface area (Å²) in [4.78, 5) is 71.7. The number of esters is 1. The molecule has 0 spiro atoms. The number of nitrogens with one attached hydrogen (secondary N) is 1. The molecule has 4 amide bonds. The van der Waals surface area contributed by atoms with Crippen molar-refractivity contribution in [2.75, 3.05) is 35.4 Å². The first kappa shape index (κ1) is 39.4. The molecule has 5 atom stereocenters. The van der Waals surface area contributed by atoms with E-state index in [4.69, 9.17) is 9.47 Å². The van der Waals surface area contributed by atoms with Crippen LogP contribution >= 0.6 is 0 Å². The van der Waals surface area contributed by atoms with Crippen molar-refractivity contribution in [2.45, 2.75) is 98.3 Å².